The number of benzene rings is 2. The number of anilines is 2. The number of para-hydroxylation sites is 2. The number of hydrogen-bond donors (Lipinski definition) is 2. The zero-order valence-corrected chi connectivity index (χ0v) is 13.2. The summed E-state index contributed by atoms with van der Waals surface area (Å²) in [4.78, 5) is 48.0. The maximum absolute atomic E-state index is 12.1. The van der Waals surface area contributed by atoms with Crippen LogP contribution >= 0.6 is 0 Å². The van der Waals surface area contributed by atoms with Crippen molar-refractivity contribution < 1.29 is 28.7 Å². The van der Waals surface area contributed by atoms with Gasteiger partial charge in [-0.25, -0.2) is 9.59 Å². The molecule has 2 atom stereocenters. The standard InChI is InChI=1S/C18H12N2O6/c21-15-13(9-5-1-3-7-11(9)19-15)25-17(23)18(24)26-14-10-6-2-4-8-12(10)20-16(14)22/h1-8,13-14H,(H,19,21)(H,20,22). The Morgan fingerprint density at radius 2 is 1.08 bits per heavy atom. The SMILES string of the molecule is O=C(OC1C(=O)Nc2ccccc21)C(=O)OC1C(=O)Nc2ccccc21. The largest absolute Gasteiger partial charge is 0.439 e. The molecule has 0 saturated heterocycles. The van der Waals surface area contributed by atoms with E-state index >= 15 is 0 Å². The van der Waals surface area contributed by atoms with Crippen LogP contribution in [0, 0.1) is 0 Å². The second-order valence-corrected chi connectivity index (χ2v) is 5.72. The lowest BCUT2D eigenvalue weighted by Gasteiger charge is -2.13. The summed E-state index contributed by atoms with van der Waals surface area (Å²) in [7, 11) is 0. The number of esters is 2. The van der Waals surface area contributed by atoms with Gasteiger partial charge in [0.05, 0.1) is 0 Å². The summed E-state index contributed by atoms with van der Waals surface area (Å²) >= 11 is 0. The number of nitrogens with one attached hydrogen (secondary N) is 2. The van der Waals surface area contributed by atoms with E-state index in [1.807, 2.05) is 0 Å². The van der Waals surface area contributed by atoms with Gasteiger partial charge in [-0.2, -0.15) is 0 Å². The first-order valence-electron chi connectivity index (χ1n) is 7.76. The summed E-state index contributed by atoms with van der Waals surface area (Å²) in [5, 5.41) is 5.11. The lowest BCUT2D eigenvalue weighted by molar-refractivity contribution is -0.175. The Hall–Kier alpha value is -3.68. The molecule has 2 aliphatic heterocycles. The highest BCUT2D eigenvalue weighted by Crippen LogP contribution is 2.35. The highest BCUT2D eigenvalue weighted by Gasteiger charge is 2.39. The Kier molecular flexibility index (Phi) is 3.65. The molecule has 0 spiro atoms. The highest BCUT2D eigenvalue weighted by molar-refractivity contribution is 6.30. The summed E-state index contributed by atoms with van der Waals surface area (Å²) in [6, 6.07) is 13.3. The summed E-state index contributed by atoms with van der Waals surface area (Å²) in [6.45, 7) is 0. The molecular weight excluding hydrogens is 340 g/mol. The molecule has 4 rings (SSSR count). The molecule has 8 heteroatoms. The Balaban J connectivity index is 1.47. The van der Waals surface area contributed by atoms with Gasteiger partial charge in [-0.05, 0) is 12.1 Å². The lowest BCUT2D eigenvalue weighted by atomic mass is 10.1. The van der Waals surface area contributed by atoms with E-state index < -0.39 is 36.0 Å². The van der Waals surface area contributed by atoms with Gasteiger partial charge in [0.25, 0.3) is 11.8 Å². The third-order valence-electron chi connectivity index (χ3n) is 4.09. The second-order valence-electron chi connectivity index (χ2n) is 5.72. The van der Waals surface area contributed by atoms with E-state index in [0.717, 1.165) is 0 Å². The van der Waals surface area contributed by atoms with Gasteiger partial charge in [0, 0.05) is 22.5 Å². The van der Waals surface area contributed by atoms with Crippen LogP contribution in [0.15, 0.2) is 48.5 Å². The van der Waals surface area contributed by atoms with Crippen LogP contribution in [0.4, 0.5) is 11.4 Å². The molecule has 2 aromatic rings. The molecule has 2 aliphatic rings. The van der Waals surface area contributed by atoms with Crippen molar-refractivity contribution in [3.63, 3.8) is 0 Å². The number of hydrogen-bond acceptors (Lipinski definition) is 6. The molecule has 2 heterocycles. The molecule has 0 aromatic heterocycles. The van der Waals surface area contributed by atoms with Gasteiger partial charge in [0.1, 0.15) is 0 Å². The van der Waals surface area contributed by atoms with Crippen molar-refractivity contribution >= 4 is 35.1 Å². The molecule has 26 heavy (non-hydrogen) atoms. The van der Waals surface area contributed by atoms with Gasteiger partial charge >= 0.3 is 11.9 Å². The number of rotatable bonds is 2. The van der Waals surface area contributed by atoms with Crippen molar-refractivity contribution in [1.29, 1.82) is 0 Å². The molecule has 0 bridgehead atoms. The topological polar surface area (TPSA) is 111 Å². The van der Waals surface area contributed by atoms with E-state index in [1.54, 1.807) is 48.5 Å². The van der Waals surface area contributed by atoms with E-state index in [-0.39, 0.29) is 0 Å². The minimum Gasteiger partial charge on any atom is -0.439 e. The summed E-state index contributed by atoms with van der Waals surface area (Å²) < 4.78 is 9.98. The molecular formula is C18H12N2O6. The first kappa shape index (κ1) is 15.8. The molecule has 0 aliphatic carbocycles. The average molecular weight is 352 g/mol. The molecule has 2 aromatic carbocycles. The minimum absolute atomic E-state index is 0.447. The molecule has 0 saturated carbocycles. The Bertz CT molecular complexity index is 877. The normalized spacial score (nSPS) is 19.8. The van der Waals surface area contributed by atoms with Crippen molar-refractivity contribution in [2.45, 2.75) is 12.2 Å². The van der Waals surface area contributed by atoms with E-state index in [4.69, 9.17) is 9.47 Å². The van der Waals surface area contributed by atoms with Gasteiger partial charge in [-0.1, -0.05) is 36.4 Å². The van der Waals surface area contributed by atoms with Crippen molar-refractivity contribution in [1.82, 2.24) is 0 Å². The fourth-order valence-corrected chi connectivity index (χ4v) is 2.90. The van der Waals surface area contributed by atoms with Crippen molar-refractivity contribution in [2.24, 2.45) is 0 Å². The predicted molar refractivity (Wildman–Crippen MR) is 87.8 cm³/mol. The van der Waals surface area contributed by atoms with Crippen LogP contribution in [0.25, 0.3) is 0 Å². The number of ether oxygens (including phenoxy) is 2. The molecule has 2 unspecified atom stereocenters. The summed E-state index contributed by atoms with van der Waals surface area (Å²) in [5.41, 5.74) is 1.91. The van der Waals surface area contributed by atoms with Crippen LogP contribution in [0.5, 0.6) is 0 Å². The van der Waals surface area contributed by atoms with Crippen molar-refractivity contribution in [3.8, 4) is 0 Å². The summed E-state index contributed by atoms with van der Waals surface area (Å²) in [5.74, 6) is -3.81. The highest BCUT2D eigenvalue weighted by atomic mass is 16.6. The zero-order valence-electron chi connectivity index (χ0n) is 13.2. The maximum atomic E-state index is 12.1. The fourth-order valence-electron chi connectivity index (χ4n) is 2.90. The molecule has 2 amide bonds. The minimum atomic E-state index is -1.35. The number of carbonyl (C=O) groups is 4. The fraction of sp³-hybridized carbons (Fsp3) is 0.111. The molecule has 8 nitrogen and oxygen atoms in total. The monoisotopic (exact) mass is 352 g/mol. The van der Waals surface area contributed by atoms with Crippen LogP contribution < -0.4 is 10.6 Å². The third kappa shape index (κ3) is 2.57. The number of carbonyl (C=O) groups excluding carboxylic acids is 4. The molecule has 2 N–H and O–H groups in total. The maximum Gasteiger partial charge on any atom is 0.418 e. The average Bonchev–Trinajstić information content (AvgIpc) is 3.12. The van der Waals surface area contributed by atoms with Crippen molar-refractivity contribution in [3.05, 3.63) is 59.7 Å². The molecule has 130 valence electrons. The van der Waals surface area contributed by atoms with Crippen molar-refractivity contribution in [2.75, 3.05) is 10.6 Å². The number of amides is 2. The first-order chi connectivity index (χ1) is 12.5. The molecule has 0 radical (unpaired) electrons. The Labute approximate surface area is 147 Å². The van der Waals surface area contributed by atoms with Gasteiger partial charge in [-0.15, -0.1) is 0 Å². The smallest absolute Gasteiger partial charge is 0.418 e. The Morgan fingerprint density at radius 1 is 0.692 bits per heavy atom. The second kappa shape index (κ2) is 5.99. The van der Waals surface area contributed by atoms with Crippen LogP contribution in [-0.2, 0) is 28.7 Å². The molecule has 0 fully saturated rings. The van der Waals surface area contributed by atoms with Gasteiger partial charge < -0.3 is 20.1 Å². The zero-order chi connectivity index (χ0) is 18.3. The number of fused-ring (bicyclic) bond motifs is 2. The quantitative estimate of drug-likeness (QED) is 0.625. The Morgan fingerprint density at radius 3 is 1.50 bits per heavy atom. The third-order valence-corrected chi connectivity index (χ3v) is 4.09. The van der Waals surface area contributed by atoms with E-state index in [2.05, 4.69) is 10.6 Å². The van der Waals surface area contributed by atoms with Crippen LogP contribution in [0.2, 0.25) is 0 Å². The predicted octanol–water partition coefficient (Wildman–Crippen LogP) is 1.46. The lowest BCUT2D eigenvalue weighted by Crippen LogP contribution is -2.28. The van der Waals surface area contributed by atoms with Gasteiger partial charge in [-0.3, -0.25) is 9.59 Å². The van der Waals surface area contributed by atoms with Crippen LogP contribution in [0.1, 0.15) is 23.3 Å². The van der Waals surface area contributed by atoms with E-state index in [1.165, 1.54) is 0 Å². The van der Waals surface area contributed by atoms with E-state index in [9.17, 15) is 19.2 Å². The van der Waals surface area contributed by atoms with Gasteiger partial charge in [0.15, 0.2) is 0 Å². The summed E-state index contributed by atoms with van der Waals surface area (Å²) in [6.07, 6.45) is -2.48. The van der Waals surface area contributed by atoms with E-state index in [0.29, 0.717) is 22.5 Å². The van der Waals surface area contributed by atoms with Crippen LogP contribution in [-0.4, -0.2) is 23.8 Å². The van der Waals surface area contributed by atoms with Gasteiger partial charge in [0.2, 0.25) is 12.2 Å². The first-order valence-corrected chi connectivity index (χ1v) is 7.76. The van der Waals surface area contributed by atoms with Crippen LogP contribution in [0.3, 0.4) is 0 Å².